The lowest BCUT2D eigenvalue weighted by atomic mass is 9.91. The molecule has 24 heavy (non-hydrogen) atoms. The van der Waals surface area contributed by atoms with E-state index in [0.717, 1.165) is 11.5 Å². The van der Waals surface area contributed by atoms with Crippen LogP contribution in [0.5, 0.6) is 0 Å². The van der Waals surface area contributed by atoms with Crippen molar-refractivity contribution in [2.75, 3.05) is 6.61 Å². The van der Waals surface area contributed by atoms with Crippen molar-refractivity contribution in [1.82, 2.24) is 9.36 Å². The third-order valence-corrected chi connectivity index (χ3v) is 4.10. The number of hydrogen-bond donors (Lipinski definition) is 2. The normalized spacial score (nSPS) is 18.7. The van der Waals surface area contributed by atoms with E-state index in [1.807, 2.05) is 13.8 Å². The topological polar surface area (TPSA) is 114 Å². The van der Waals surface area contributed by atoms with E-state index in [1.165, 1.54) is 0 Å². The fourth-order valence-electron chi connectivity index (χ4n) is 1.97. The Morgan fingerprint density at radius 1 is 1.50 bits per heavy atom. The van der Waals surface area contributed by atoms with Gasteiger partial charge in [-0.05, 0) is 12.3 Å². The molecule has 0 spiro atoms. The molecule has 10 heteroatoms. The lowest BCUT2D eigenvalue weighted by Gasteiger charge is -2.20. The van der Waals surface area contributed by atoms with E-state index >= 15 is 0 Å². The van der Waals surface area contributed by atoms with Crippen LogP contribution in [0.4, 0.5) is 5.13 Å². The van der Waals surface area contributed by atoms with Gasteiger partial charge in [0.1, 0.15) is 11.7 Å². The van der Waals surface area contributed by atoms with Crippen molar-refractivity contribution in [1.29, 1.82) is 0 Å². The number of ketones is 1. The van der Waals surface area contributed by atoms with Crippen molar-refractivity contribution >= 4 is 41.0 Å². The highest BCUT2D eigenvalue weighted by Crippen LogP contribution is 2.29. The molecule has 1 heterocycles. The molecular weight excluding hydrogens is 352 g/mol. The summed E-state index contributed by atoms with van der Waals surface area (Å²) in [6, 6.07) is 0. The number of ether oxygens (including phenoxy) is 1. The highest BCUT2D eigenvalue weighted by molar-refractivity contribution is 7.79. The summed E-state index contributed by atoms with van der Waals surface area (Å²) >= 11 is 5.05. The Morgan fingerprint density at radius 3 is 2.88 bits per heavy atom. The number of thiol groups is 1. The molecule has 1 aliphatic rings. The molecule has 1 unspecified atom stereocenters. The van der Waals surface area contributed by atoms with E-state index in [-0.39, 0.29) is 42.0 Å². The van der Waals surface area contributed by atoms with Gasteiger partial charge in [0, 0.05) is 18.0 Å². The number of aromatic nitrogens is 2. The zero-order valence-corrected chi connectivity index (χ0v) is 15.0. The molecule has 8 nitrogen and oxygen atoms in total. The first-order chi connectivity index (χ1) is 11.4. The molecule has 1 atom stereocenters. The van der Waals surface area contributed by atoms with Crippen molar-refractivity contribution in [2.45, 2.75) is 32.4 Å². The van der Waals surface area contributed by atoms with Crippen molar-refractivity contribution < 1.29 is 19.4 Å². The molecule has 1 aromatic rings. The second-order valence-corrected chi connectivity index (χ2v) is 6.67. The molecule has 0 amide bonds. The molecule has 0 saturated heterocycles. The molecular formula is C14H18N4O4S2. The lowest BCUT2D eigenvalue weighted by molar-refractivity contribution is -0.149. The summed E-state index contributed by atoms with van der Waals surface area (Å²) in [6.45, 7) is 4.08. The zero-order valence-electron chi connectivity index (χ0n) is 13.3. The molecule has 2 rings (SSSR count). The van der Waals surface area contributed by atoms with Crippen molar-refractivity contribution in [3.8, 4) is 0 Å². The number of hydrogen-bond acceptors (Lipinski definition) is 10. The van der Waals surface area contributed by atoms with Gasteiger partial charge in [0.05, 0.1) is 12.4 Å². The quantitative estimate of drug-likeness (QED) is 0.452. The summed E-state index contributed by atoms with van der Waals surface area (Å²) in [5, 5.41) is 18.1. The first-order valence-electron chi connectivity index (χ1n) is 7.40. The predicted octanol–water partition coefficient (Wildman–Crippen LogP) is 3.00. The van der Waals surface area contributed by atoms with Crippen LogP contribution in [0.3, 0.4) is 0 Å². The van der Waals surface area contributed by atoms with Crippen LogP contribution in [-0.2, 0) is 20.1 Å². The molecule has 0 aromatic carbocycles. The maximum atomic E-state index is 12.1. The van der Waals surface area contributed by atoms with Gasteiger partial charge in [-0.25, -0.2) is 0 Å². The average Bonchev–Trinajstić information content (AvgIpc) is 3.00. The van der Waals surface area contributed by atoms with Crippen LogP contribution in [0.2, 0.25) is 0 Å². The van der Waals surface area contributed by atoms with E-state index in [4.69, 9.17) is 4.74 Å². The molecule has 0 bridgehead atoms. The largest absolute Gasteiger partial charge is 0.509 e. The number of allylic oxidation sites excluding steroid dienone is 1. The number of aliphatic hydroxyl groups is 1. The van der Waals surface area contributed by atoms with E-state index in [9.17, 15) is 14.7 Å². The summed E-state index contributed by atoms with van der Waals surface area (Å²) < 4.78 is 9.12. The molecule has 0 radical (unpaired) electrons. The summed E-state index contributed by atoms with van der Waals surface area (Å²) in [5.74, 6) is -1.18. The molecule has 0 aliphatic heterocycles. The number of nitrogens with zero attached hydrogens (tertiary/aromatic N) is 4. The van der Waals surface area contributed by atoms with Gasteiger partial charge in [-0.1, -0.05) is 13.8 Å². The van der Waals surface area contributed by atoms with E-state index in [2.05, 4.69) is 32.2 Å². The minimum absolute atomic E-state index is 0.0951. The van der Waals surface area contributed by atoms with Crippen LogP contribution in [0.1, 0.15) is 32.5 Å². The highest BCUT2D eigenvalue weighted by atomic mass is 32.1. The van der Waals surface area contributed by atoms with Gasteiger partial charge >= 0.3 is 5.97 Å². The molecule has 130 valence electrons. The van der Waals surface area contributed by atoms with Gasteiger partial charge in [0.2, 0.25) is 5.13 Å². The third kappa shape index (κ3) is 4.60. The van der Waals surface area contributed by atoms with Crippen LogP contribution in [-0.4, -0.2) is 32.8 Å². The van der Waals surface area contributed by atoms with E-state index < -0.39 is 17.6 Å². The van der Waals surface area contributed by atoms with Crippen LogP contribution < -0.4 is 0 Å². The number of carbonyl (C=O) groups excluding carboxylic acids is 2. The van der Waals surface area contributed by atoms with Crippen LogP contribution in [0, 0.1) is 11.8 Å². The number of esters is 1. The first kappa shape index (κ1) is 18.5. The lowest BCUT2D eigenvalue weighted by Crippen LogP contribution is -2.27. The van der Waals surface area contributed by atoms with Crippen LogP contribution >= 0.6 is 24.2 Å². The van der Waals surface area contributed by atoms with Crippen molar-refractivity contribution in [3.63, 3.8) is 0 Å². The summed E-state index contributed by atoms with van der Waals surface area (Å²) in [4.78, 5) is 28.0. The number of rotatable bonds is 6. The minimum Gasteiger partial charge on any atom is -0.509 e. The Hall–Kier alpha value is -1.81. The Bertz CT molecular complexity index is 684. The second kappa shape index (κ2) is 8.34. The molecule has 1 N–H and O–H groups in total. The van der Waals surface area contributed by atoms with Crippen molar-refractivity contribution in [2.24, 2.45) is 22.1 Å². The monoisotopic (exact) mass is 370 g/mol. The van der Waals surface area contributed by atoms with Gasteiger partial charge in [0.15, 0.2) is 17.3 Å². The number of aliphatic hydroxyl groups excluding tert-OH is 1. The summed E-state index contributed by atoms with van der Waals surface area (Å²) in [5.41, 5.74) is -0.227. The van der Waals surface area contributed by atoms with E-state index in [0.29, 0.717) is 11.6 Å². The highest BCUT2D eigenvalue weighted by Gasteiger charge is 2.34. The number of azo groups is 1. The van der Waals surface area contributed by atoms with Crippen LogP contribution in [0.15, 0.2) is 21.7 Å². The van der Waals surface area contributed by atoms with Crippen molar-refractivity contribution in [3.05, 3.63) is 17.3 Å². The smallest absolute Gasteiger partial charge is 0.316 e. The van der Waals surface area contributed by atoms with Gasteiger partial charge in [0.25, 0.3) is 0 Å². The van der Waals surface area contributed by atoms with Gasteiger partial charge in [-0.2, -0.15) is 22.0 Å². The third-order valence-electron chi connectivity index (χ3n) is 3.17. The SMILES string of the molecule is CC(C)COC(=O)C1CCC(=O)C(N=Nc2nc(CS)ns2)=C1O. The molecule has 0 saturated carbocycles. The molecule has 1 aromatic heterocycles. The van der Waals surface area contributed by atoms with Gasteiger partial charge in [-0.15, -0.1) is 10.2 Å². The maximum absolute atomic E-state index is 12.1. The molecule has 1 aliphatic carbocycles. The molecule has 0 fully saturated rings. The predicted molar refractivity (Wildman–Crippen MR) is 90.3 cm³/mol. The maximum Gasteiger partial charge on any atom is 0.316 e. The second-order valence-electron chi connectivity index (χ2n) is 5.62. The Balaban J connectivity index is 2.16. The minimum atomic E-state index is -0.891. The fraction of sp³-hybridized carbons (Fsp3) is 0.571. The van der Waals surface area contributed by atoms with E-state index in [1.54, 1.807) is 0 Å². The Kier molecular flexibility index (Phi) is 6.44. The number of Topliss-reactive ketones (excluding diaryl/α,β-unsaturated/α-hetero) is 1. The summed E-state index contributed by atoms with van der Waals surface area (Å²) in [6.07, 6.45) is 0.293. The number of carbonyl (C=O) groups is 2. The Morgan fingerprint density at radius 2 is 2.25 bits per heavy atom. The fourth-order valence-corrected chi connectivity index (χ4v) is 2.72. The summed E-state index contributed by atoms with van der Waals surface area (Å²) in [7, 11) is 0. The zero-order chi connectivity index (χ0) is 17.7. The first-order valence-corrected chi connectivity index (χ1v) is 8.81. The van der Waals surface area contributed by atoms with Gasteiger partial charge < -0.3 is 9.84 Å². The van der Waals surface area contributed by atoms with Gasteiger partial charge in [-0.3, -0.25) is 9.59 Å². The van der Waals surface area contributed by atoms with Crippen LogP contribution in [0.25, 0.3) is 0 Å². The Labute approximate surface area is 148 Å². The average molecular weight is 370 g/mol. The standard InChI is InChI=1S/C14H18N4O4S2/c1-7(2)5-22-13(21)8-3-4-9(19)11(12(8)20)16-17-14-15-10(6-23)18-24-14/h7-8,20,23H,3-6H2,1-2H3.